The number of fused-ring (bicyclic) bond motifs is 3. The van der Waals surface area contributed by atoms with Crippen LogP contribution in [0.15, 0.2) is 48.7 Å². The molecule has 0 bridgehead atoms. The van der Waals surface area contributed by atoms with Gasteiger partial charge in [0, 0.05) is 11.8 Å². The maximum Gasteiger partial charge on any atom is 0.178 e. The highest BCUT2D eigenvalue weighted by Crippen LogP contribution is 2.57. The Labute approximate surface area is 160 Å². The van der Waals surface area contributed by atoms with E-state index in [-0.39, 0.29) is 11.5 Å². The van der Waals surface area contributed by atoms with Gasteiger partial charge >= 0.3 is 0 Å². The molecule has 27 heavy (non-hydrogen) atoms. The first kappa shape index (κ1) is 17.0. The lowest BCUT2D eigenvalue weighted by Crippen LogP contribution is -2.53. The predicted octanol–water partition coefficient (Wildman–Crippen LogP) is 4.61. The van der Waals surface area contributed by atoms with E-state index in [4.69, 9.17) is 14.6 Å². The van der Waals surface area contributed by atoms with Crippen molar-refractivity contribution < 1.29 is 9.47 Å². The lowest BCUT2D eigenvalue weighted by molar-refractivity contribution is -0.239. The van der Waals surface area contributed by atoms with Crippen molar-refractivity contribution in [3.8, 4) is 5.69 Å². The van der Waals surface area contributed by atoms with Crippen LogP contribution in [0.25, 0.3) is 11.8 Å². The maximum absolute atomic E-state index is 6.42. The molecule has 1 aliphatic heterocycles. The second-order valence-electron chi connectivity index (χ2n) is 8.29. The number of hydrogen-bond donors (Lipinski definition) is 0. The van der Waals surface area contributed by atoms with Crippen molar-refractivity contribution >= 4 is 6.08 Å². The summed E-state index contributed by atoms with van der Waals surface area (Å²) in [5.41, 5.74) is 6.08. The highest BCUT2D eigenvalue weighted by atomic mass is 16.7. The molecule has 0 N–H and O–H groups in total. The molecule has 140 valence electrons. The highest BCUT2D eigenvalue weighted by molar-refractivity contribution is 5.62. The molecule has 1 aromatic carbocycles. The second-order valence-corrected chi connectivity index (χ2v) is 8.29. The molecular weight excluding hydrogens is 336 g/mol. The van der Waals surface area contributed by atoms with Gasteiger partial charge in [-0.05, 0) is 50.0 Å². The van der Waals surface area contributed by atoms with E-state index in [1.807, 2.05) is 12.3 Å². The largest absolute Gasteiger partial charge is 0.346 e. The van der Waals surface area contributed by atoms with Crippen molar-refractivity contribution in [1.29, 1.82) is 0 Å². The van der Waals surface area contributed by atoms with E-state index in [1.54, 1.807) is 0 Å². The number of benzene rings is 1. The lowest BCUT2D eigenvalue weighted by atomic mass is 9.62. The summed E-state index contributed by atoms with van der Waals surface area (Å²) in [6.45, 7) is 8.90. The van der Waals surface area contributed by atoms with E-state index in [0.29, 0.717) is 6.61 Å². The third kappa shape index (κ3) is 2.40. The molecule has 0 radical (unpaired) electrons. The summed E-state index contributed by atoms with van der Waals surface area (Å²) in [4.78, 5) is 0. The Hall–Kier alpha value is -2.17. The highest BCUT2D eigenvalue weighted by Gasteiger charge is 2.59. The molecule has 2 heterocycles. The zero-order valence-electron chi connectivity index (χ0n) is 16.1. The van der Waals surface area contributed by atoms with Gasteiger partial charge in [-0.3, -0.25) is 0 Å². The molecule has 1 saturated heterocycles. The fourth-order valence-electron chi connectivity index (χ4n) is 4.97. The predicted molar refractivity (Wildman–Crippen MR) is 106 cm³/mol. The van der Waals surface area contributed by atoms with Crippen LogP contribution in [0.5, 0.6) is 0 Å². The molecule has 0 unspecified atom stereocenters. The molecule has 1 saturated carbocycles. The Morgan fingerprint density at radius 3 is 2.85 bits per heavy atom. The first-order chi connectivity index (χ1) is 13.0. The molecule has 2 aliphatic carbocycles. The van der Waals surface area contributed by atoms with Gasteiger partial charge in [0.2, 0.25) is 0 Å². The zero-order chi connectivity index (χ0) is 18.6. The fourth-order valence-corrected chi connectivity index (χ4v) is 4.97. The van der Waals surface area contributed by atoms with Crippen LogP contribution in [0, 0.1) is 12.3 Å². The van der Waals surface area contributed by atoms with Gasteiger partial charge in [0.15, 0.2) is 5.79 Å². The van der Waals surface area contributed by atoms with Gasteiger partial charge in [-0.1, -0.05) is 36.3 Å². The van der Waals surface area contributed by atoms with Crippen LogP contribution in [-0.4, -0.2) is 28.3 Å². The lowest BCUT2D eigenvalue weighted by Gasteiger charge is -2.51. The average molecular weight is 362 g/mol. The van der Waals surface area contributed by atoms with Crippen LogP contribution < -0.4 is 0 Å². The number of rotatable bonds is 2. The molecule has 1 aromatic heterocycles. The minimum atomic E-state index is -0.542. The first-order valence-electron chi connectivity index (χ1n) is 9.84. The van der Waals surface area contributed by atoms with Gasteiger partial charge in [-0.2, -0.15) is 5.10 Å². The summed E-state index contributed by atoms with van der Waals surface area (Å²) < 4.78 is 14.8. The third-order valence-electron chi connectivity index (χ3n) is 6.61. The summed E-state index contributed by atoms with van der Waals surface area (Å²) in [5.74, 6) is -0.542. The van der Waals surface area contributed by atoms with Crippen molar-refractivity contribution in [3.63, 3.8) is 0 Å². The van der Waals surface area contributed by atoms with Crippen LogP contribution in [0.2, 0.25) is 0 Å². The van der Waals surface area contributed by atoms with Crippen molar-refractivity contribution in [2.75, 3.05) is 6.61 Å². The smallest absolute Gasteiger partial charge is 0.178 e. The first-order valence-corrected chi connectivity index (χ1v) is 9.84. The quantitative estimate of drug-likeness (QED) is 0.732. The van der Waals surface area contributed by atoms with Crippen molar-refractivity contribution in [2.24, 2.45) is 5.41 Å². The van der Waals surface area contributed by atoms with Crippen LogP contribution >= 0.6 is 0 Å². The van der Waals surface area contributed by atoms with E-state index < -0.39 is 5.79 Å². The Morgan fingerprint density at radius 1 is 1.30 bits per heavy atom. The third-order valence-corrected chi connectivity index (χ3v) is 6.61. The molecule has 3 aliphatic rings. The van der Waals surface area contributed by atoms with E-state index in [2.05, 4.69) is 55.4 Å². The van der Waals surface area contributed by atoms with Gasteiger partial charge in [0.1, 0.15) is 6.10 Å². The topological polar surface area (TPSA) is 36.3 Å². The minimum absolute atomic E-state index is 0.0159. The standard InChI is InChI=1S/C23H26N2O2/c1-4-20-15-26-23(27-20)11-5-6-18-12-21-17(13-22(18,23)3)14-24-25(21)19-9-7-16(2)8-10-19/h4,7-10,12,14,20H,1,5-6,11,13,15H2,2-3H3/t20-,22-,23+/m0/s1. The van der Waals surface area contributed by atoms with E-state index in [0.717, 1.165) is 31.4 Å². The number of hydrogen-bond acceptors (Lipinski definition) is 3. The van der Waals surface area contributed by atoms with E-state index >= 15 is 0 Å². The molecular formula is C23H26N2O2. The Kier molecular flexibility index (Phi) is 3.72. The Bertz CT molecular complexity index is 926. The van der Waals surface area contributed by atoms with Crippen LogP contribution in [0.3, 0.4) is 0 Å². The van der Waals surface area contributed by atoms with E-state index in [9.17, 15) is 0 Å². The molecule has 5 rings (SSSR count). The second kappa shape index (κ2) is 5.91. The summed E-state index contributed by atoms with van der Waals surface area (Å²) in [5, 5.41) is 4.71. The molecule has 4 heteroatoms. The van der Waals surface area contributed by atoms with Crippen molar-refractivity contribution in [1.82, 2.24) is 9.78 Å². The van der Waals surface area contributed by atoms with Crippen LogP contribution in [0.1, 0.15) is 43.0 Å². The van der Waals surface area contributed by atoms with Gasteiger partial charge in [0.25, 0.3) is 0 Å². The zero-order valence-corrected chi connectivity index (χ0v) is 16.1. The number of aromatic nitrogens is 2. The monoisotopic (exact) mass is 362 g/mol. The van der Waals surface area contributed by atoms with Crippen molar-refractivity contribution in [3.05, 3.63) is 65.5 Å². The number of nitrogens with zero attached hydrogens (tertiary/aromatic N) is 2. The molecule has 0 amide bonds. The van der Waals surface area contributed by atoms with Gasteiger partial charge in [0.05, 0.1) is 24.2 Å². The number of aryl methyl sites for hydroxylation is 1. The van der Waals surface area contributed by atoms with E-state index in [1.165, 1.54) is 22.4 Å². The summed E-state index contributed by atoms with van der Waals surface area (Å²) >= 11 is 0. The Balaban J connectivity index is 1.57. The molecule has 4 nitrogen and oxygen atoms in total. The SMILES string of the molecule is C=C[C@H]1CO[C@]2(CCCC3=Cc4c(cnn4-c4ccc(C)cc4)C[C@@]32C)O1. The molecule has 2 fully saturated rings. The fraction of sp³-hybridized carbons (Fsp3) is 0.435. The van der Waals surface area contributed by atoms with Crippen molar-refractivity contribution in [2.45, 2.75) is 51.4 Å². The normalized spacial score (nSPS) is 32.1. The summed E-state index contributed by atoms with van der Waals surface area (Å²) in [6, 6.07) is 8.54. The average Bonchev–Trinajstić information content (AvgIpc) is 3.27. The van der Waals surface area contributed by atoms with Crippen LogP contribution in [-0.2, 0) is 15.9 Å². The van der Waals surface area contributed by atoms with Gasteiger partial charge < -0.3 is 9.47 Å². The maximum atomic E-state index is 6.42. The Morgan fingerprint density at radius 2 is 2.11 bits per heavy atom. The number of ether oxygens (including phenoxy) is 2. The molecule has 3 atom stereocenters. The molecule has 1 spiro atoms. The summed E-state index contributed by atoms with van der Waals surface area (Å²) in [7, 11) is 0. The minimum Gasteiger partial charge on any atom is -0.346 e. The van der Waals surface area contributed by atoms with Gasteiger partial charge in [-0.25, -0.2) is 4.68 Å². The summed E-state index contributed by atoms with van der Waals surface area (Å²) in [6.07, 6.45) is 10.2. The van der Waals surface area contributed by atoms with Crippen LogP contribution in [0.4, 0.5) is 0 Å². The molecule has 2 aromatic rings. The van der Waals surface area contributed by atoms with Gasteiger partial charge in [-0.15, -0.1) is 6.58 Å².